The van der Waals surface area contributed by atoms with Crippen LogP contribution >= 0.6 is 11.6 Å². The number of nitrogens with zero attached hydrogens (tertiary/aromatic N) is 2. The molecule has 1 saturated heterocycles. The van der Waals surface area contributed by atoms with Crippen molar-refractivity contribution in [1.29, 1.82) is 0 Å². The van der Waals surface area contributed by atoms with Gasteiger partial charge in [0.05, 0.1) is 6.04 Å². The zero-order valence-electron chi connectivity index (χ0n) is 13.9. The maximum Gasteiger partial charge on any atom is 0.411 e. The van der Waals surface area contributed by atoms with Crippen LogP contribution in [-0.2, 0) is 4.74 Å². The minimum atomic E-state index is -0.470. The van der Waals surface area contributed by atoms with Gasteiger partial charge in [-0.25, -0.2) is 9.78 Å². The molecule has 2 atom stereocenters. The second-order valence-electron chi connectivity index (χ2n) is 7.28. The lowest BCUT2D eigenvalue weighted by Crippen LogP contribution is -2.53. The van der Waals surface area contributed by atoms with Gasteiger partial charge in [0.1, 0.15) is 10.8 Å². The van der Waals surface area contributed by atoms with E-state index in [1.165, 1.54) is 5.57 Å². The first kappa shape index (κ1) is 16.3. The first-order valence-corrected chi connectivity index (χ1v) is 8.56. The van der Waals surface area contributed by atoms with Gasteiger partial charge in [-0.15, -0.1) is 0 Å². The van der Waals surface area contributed by atoms with Crippen LogP contribution in [-0.4, -0.2) is 33.7 Å². The highest BCUT2D eigenvalue weighted by Gasteiger charge is 2.39. The maximum absolute atomic E-state index is 12.6. The van der Waals surface area contributed by atoms with Crippen molar-refractivity contribution in [1.82, 2.24) is 9.88 Å². The molecule has 2 aliphatic heterocycles. The lowest BCUT2D eigenvalue weighted by atomic mass is 9.83. The van der Waals surface area contributed by atoms with E-state index in [1.54, 1.807) is 6.20 Å². The maximum atomic E-state index is 12.6. The van der Waals surface area contributed by atoms with Gasteiger partial charge in [-0.05, 0) is 58.1 Å². The van der Waals surface area contributed by atoms with Gasteiger partial charge in [0, 0.05) is 17.8 Å². The summed E-state index contributed by atoms with van der Waals surface area (Å²) in [5.74, 6) is 0. The summed E-state index contributed by atoms with van der Waals surface area (Å²) in [4.78, 5) is 18.7. The Bertz CT molecular complexity index is 636. The van der Waals surface area contributed by atoms with Crippen LogP contribution in [0.3, 0.4) is 0 Å². The van der Waals surface area contributed by atoms with Crippen molar-refractivity contribution in [2.24, 2.45) is 0 Å². The smallest absolute Gasteiger partial charge is 0.411 e. The summed E-state index contributed by atoms with van der Waals surface area (Å²) in [6, 6.07) is 4.17. The van der Waals surface area contributed by atoms with Crippen molar-refractivity contribution < 1.29 is 9.53 Å². The number of halogens is 1. The summed E-state index contributed by atoms with van der Waals surface area (Å²) in [7, 11) is 0. The number of pyridine rings is 1. The summed E-state index contributed by atoms with van der Waals surface area (Å²) >= 11 is 6.24. The summed E-state index contributed by atoms with van der Waals surface area (Å²) in [6.07, 6.45) is 7.58. The molecular formula is C18H23ClN2O2. The molecule has 0 saturated carbocycles. The number of aromatic nitrogens is 1. The van der Waals surface area contributed by atoms with Crippen molar-refractivity contribution in [3.05, 3.63) is 35.1 Å². The Kier molecular flexibility index (Phi) is 4.37. The van der Waals surface area contributed by atoms with Crippen LogP contribution in [0.15, 0.2) is 24.4 Å². The van der Waals surface area contributed by atoms with E-state index in [1.807, 2.05) is 37.8 Å². The number of fused-ring (bicyclic) bond motifs is 2. The highest BCUT2D eigenvalue weighted by atomic mass is 35.5. The highest BCUT2D eigenvalue weighted by molar-refractivity contribution is 6.31. The number of rotatable bonds is 1. The molecule has 23 heavy (non-hydrogen) atoms. The highest BCUT2D eigenvalue weighted by Crippen LogP contribution is 2.39. The Morgan fingerprint density at radius 2 is 2.17 bits per heavy atom. The van der Waals surface area contributed by atoms with Gasteiger partial charge >= 0.3 is 6.09 Å². The minimum Gasteiger partial charge on any atom is -0.444 e. The second kappa shape index (κ2) is 6.16. The third-order valence-electron chi connectivity index (χ3n) is 4.35. The summed E-state index contributed by atoms with van der Waals surface area (Å²) in [5.41, 5.74) is 1.70. The Hall–Kier alpha value is -1.55. The van der Waals surface area contributed by atoms with E-state index in [0.29, 0.717) is 5.15 Å². The number of carbonyl (C=O) groups is 1. The van der Waals surface area contributed by atoms with Crippen LogP contribution in [0.4, 0.5) is 4.79 Å². The lowest BCUT2D eigenvalue weighted by molar-refractivity contribution is 0.0000873. The molecule has 4 nitrogen and oxygen atoms in total. The SMILES string of the molecule is CC(C)(C)OC(=O)N1C2C=C(c3cccnc3Cl)CC1CCC2. The van der Waals surface area contributed by atoms with Crippen molar-refractivity contribution in [2.45, 2.75) is 64.1 Å². The molecule has 0 radical (unpaired) electrons. The van der Waals surface area contributed by atoms with Gasteiger partial charge in [0.15, 0.2) is 0 Å². The third-order valence-corrected chi connectivity index (χ3v) is 4.65. The largest absolute Gasteiger partial charge is 0.444 e. The van der Waals surface area contributed by atoms with Crippen molar-refractivity contribution in [3.63, 3.8) is 0 Å². The molecular weight excluding hydrogens is 312 g/mol. The fraction of sp³-hybridized carbons (Fsp3) is 0.556. The molecule has 0 N–H and O–H groups in total. The Morgan fingerprint density at radius 1 is 1.39 bits per heavy atom. The Balaban J connectivity index is 1.88. The molecule has 1 fully saturated rings. The first-order chi connectivity index (χ1) is 10.8. The molecule has 3 rings (SSSR count). The van der Waals surface area contributed by atoms with Gasteiger partial charge < -0.3 is 4.74 Å². The van der Waals surface area contributed by atoms with Crippen LogP contribution in [0.5, 0.6) is 0 Å². The van der Waals surface area contributed by atoms with E-state index in [-0.39, 0.29) is 18.2 Å². The molecule has 0 aliphatic carbocycles. The van der Waals surface area contributed by atoms with E-state index >= 15 is 0 Å². The molecule has 1 aromatic rings. The average Bonchev–Trinajstić information content (AvgIpc) is 2.44. The molecule has 2 unspecified atom stereocenters. The molecule has 1 amide bonds. The number of piperidine rings is 1. The second-order valence-corrected chi connectivity index (χ2v) is 7.64. The fourth-order valence-corrected chi connectivity index (χ4v) is 3.69. The van der Waals surface area contributed by atoms with Crippen LogP contribution in [0.25, 0.3) is 5.57 Å². The number of hydrogen-bond donors (Lipinski definition) is 0. The van der Waals surface area contributed by atoms with Crippen LogP contribution in [0, 0.1) is 0 Å². The lowest BCUT2D eigenvalue weighted by Gasteiger charge is -2.45. The van der Waals surface area contributed by atoms with Gasteiger partial charge in [0.2, 0.25) is 0 Å². The molecule has 2 aliphatic rings. The van der Waals surface area contributed by atoms with Gasteiger partial charge in [-0.2, -0.15) is 0 Å². The van der Waals surface area contributed by atoms with Crippen LogP contribution in [0.2, 0.25) is 5.15 Å². The zero-order valence-corrected chi connectivity index (χ0v) is 14.6. The third kappa shape index (κ3) is 3.52. The van der Waals surface area contributed by atoms with Crippen molar-refractivity contribution in [3.8, 4) is 0 Å². The van der Waals surface area contributed by atoms with Crippen LogP contribution in [0.1, 0.15) is 52.0 Å². The van der Waals surface area contributed by atoms with E-state index in [0.717, 1.165) is 31.2 Å². The molecule has 2 bridgehead atoms. The molecule has 0 aromatic carbocycles. The number of ether oxygens (including phenoxy) is 1. The predicted octanol–water partition coefficient (Wildman–Crippen LogP) is 4.68. The van der Waals surface area contributed by atoms with E-state index in [4.69, 9.17) is 16.3 Å². The molecule has 1 aromatic heterocycles. The predicted molar refractivity (Wildman–Crippen MR) is 91.3 cm³/mol. The molecule has 5 heteroatoms. The molecule has 0 spiro atoms. The van der Waals surface area contributed by atoms with E-state index in [2.05, 4.69) is 11.1 Å². The van der Waals surface area contributed by atoms with E-state index in [9.17, 15) is 4.79 Å². The van der Waals surface area contributed by atoms with Gasteiger partial charge in [0.25, 0.3) is 0 Å². The fourth-order valence-electron chi connectivity index (χ4n) is 3.45. The Morgan fingerprint density at radius 3 is 2.83 bits per heavy atom. The topological polar surface area (TPSA) is 42.4 Å². The monoisotopic (exact) mass is 334 g/mol. The normalized spacial score (nSPS) is 24.2. The first-order valence-electron chi connectivity index (χ1n) is 8.18. The minimum absolute atomic E-state index is 0.0867. The summed E-state index contributed by atoms with van der Waals surface area (Å²) < 4.78 is 5.60. The standard InChI is InChI=1S/C18H23ClN2O2/c1-18(2,3)23-17(22)21-13-6-4-7-14(21)11-12(10-13)15-8-5-9-20-16(15)19/h5,8-10,13-14H,4,6-7,11H2,1-3H3. The number of hydrogen-bond acceptors (Lipinski definition) is 3. The summed E-state index contributed by atoms with van der Waals surface area (Å²) in [5, 5.41) is 0.530. The van der Waals surface area contributed by atoms with Gasteiger partial charge in [-0.1, -0.05) is 23.7 Å². The van der Waals surface area contributed by atoms with Crippen molar-refractivity contribution >= 4 is 23.3 Å². The van der Waals surface area contributed by atoms with E-state index < -0.39 is 5.60 Å². The average molecular weight is 335 g/mol. The number of carbonyl (C=O) groups excluding carboxylic acids is 1. The summed E-state index contributed by atoms with van der Waals surface area (Å²) in [6.45, 7) is 5.71. The molecule has 124 valence electrons. The zero-order chi connectivity index (χ0) is 16.6. The van der Waals surface area contributed by atoms with Gasteiger partial charge in [-0.3, -0.25) is 4.90 Å². The molecule has 3 heterocycles. The van der Waals surface area contributed by atoms with Crippen molar-refractivity contribution in [2.75, 3.05) is 0 Å². The Labute approximate surface area is 142 Å². The quantitative estimate of drug-likeness (QED) is 0.700. The van der Waals surface area contributed by atoms with Crippen LogP contribution < -0.4 is 0 Å². The number of amides is 1.